The molecule has 13 heteroatoms. The zero-order chi connectivity index (χ0) is 25.6. The van der Waals surface area contributed by atoms with Gasteiger partial charge in [-0.15, -0.1) is 0 Å². The quantitative estimate of drug-likeness (QED) is 0.367. The van der Waals surface area contributed by atoms with Crippen LogP contribution in [0.2, 0.25) is 5.02 Å². The van der Waals surface area contributed by atoms with Crippen molar-refractivity contribution in [3.8, 4) is 11.6 Å². The molecule has 36 heavy (non-hydrogen) atoms. The van der Waals surface area contributed by atoms with Gasteiger partial charge < -0.3 is 5.32 Å². The van der Waals surface area contributed by atoms with Crippen LogP contribution < -0.4 is 10.9 Å². The van der Waals surface area contributed by atoms with E-state index in [2.05, 4.69) is 25.5 Å². The number of rotatable bonds is 4. The van der Waals surface area contributed by atoms with Gasteiger partial charge in [-0.2, -0.15) is 33.0 Å². The molecule has 0 saturated carbocycles. The van der Waals surface area contributed by atoms with Crippen LogP contribution in [0.25, 0.3) is 22.7 Å². The largest absolute Gasteiger partial charge is 0.416 e. The Labute approximate surface area is 205 Å². The summed E-state index contributed by atoms with van der Waals surface area (Å²) in [7, 11) is 0. The lowest BCUT2D eigenvalue weighted by molar-refractivity contribution is -0.137. The lowest BCUT2D eigenvalue weighted by Crippen LogP contribution is -2.19. The third kappa shape index (κ3) is 4.33. The number of carbonyl (C=O) groups excluding carboxylic acids is 1. The number of hydrogen-bond donors (Lipinski definition) is 2. The van der Waals surface area contributed by atoms with E-state index in [1.807, 2.05) is 0 Å². The Morgan fingerprint density at radius 3 is 2.56 bits per heavy atom. The number of anilines is 1. The average Bonchev–Trinajstić information content (AvgIpc) is 3.42. The minimum absolute atomic E-state index is 0.0318. The molecule has 3 aromatic heterocycles. The molecular weight excluding hydrogens is 499 g/mol. The zero-order valence-corrected chi connectivity index (χ0v) is 19.1. The number of hydrogen-bond acceptors (Lipinski definition) is 5. The summed E-state index contributed by atoms with van der Waals surface area (Å²) in [5.41, 5.74) is -0.367. The first-order valence-corrected chi connectivity index (χ1v) is 10.8. The van der Waals surface area contributed by atoms with E-state index in [1.165, 1.54) is 27.7 Å². The molecule has 0 spiro atoms. The van der Waals surface area contributed by atoms with Crippen LogP contribution in [0.5, 0.6) is 0 Å². The summed E-state index contributed by atoms with van der Waals surface area (Å²) in [5, 5.41) is 11.8. The fraction of sp³-hybridized carbons (Fsp3) is 0.0870. The summed E-state index contributed by atoms with van der Waals surface area (Å²) in [6, 6.07) is 12.3. The van der Waals surface area contributed by atoms with Crippen LogP contribution >= 0.6 is 11.6 Å². The maximum Gasteiger partial charge on any atom is 0.416 e. The number of carbonyl (C=O) groups is 1. The number of H-pyrrole nitrogens is 1. The lowest BCUT2D eigenvalue weighted by Gasteiger charge is -2.10. The molecule has 0 aliphatic carbocycles. The molecular formula is C23H15ClF3N7O2. The van der Waals surface area contributed by atoms with Gasteiger partial charge in [0, 0.05) is 16.7 Å². The van der Waals surface area contributed by atoms with E-state index >= 15 is 0 Å². The number of aromatic nitrogens is 6. The van der Waals surface area contributed by atoms with Crippen LogP contribution in [0.3, 0.4) is 0 Å². The van der Waals surface area contributed by atoms with Gasteiger partial charge >= 0.3 is 6.18 Å². The third-order valence-corrected chi connectivity index (χ3v) is 5.47. The van der Waals surface area contributed by atoms with Gasteiger partial charge in [-0.25, -0.2) is 4.68 Å². The van der Waals surface area contributed by atoms with Crippen LogP contribution in [0.1, 0.15) is 21.6 Å². The fourth-order valence-electron chi connectivity index (χ4n) is 3.55. The highest BCUT2D eigenvalue weighted by atomic mass is 35.5. The number of aryl methyl sites for hydroxylation is 1. The van der Waals surface area contributed by atoms with Crippen molar-refractivity contribution < 1.29 is 18.0 Å². The van der Waals surface area contributed by atoms with Gasteiger partial charge in [-0.3, -0.25) is 14.6 Å². The Morgan fingerprint density at radius 1 is 1.08 bits per heavy atom. The molecule has 182 valence electrons. The highest BCUT2D eigenvalue weighted by Crippen LogP contribution is 2.30. The first-order valence-electron chi connectivity index (χ1n) is 10.4. The first kappa shape index (κ1) is 23.3. The summed E-state index contributed by atoms with van der Waals surface area (Å²) in [5.74, 6) is -0.734. The van der Waals surface area contributed by atoms with Gasteiger partial charge in [0.15, 0.2) is 5.65 Å². The number of halogens is 4. The molecule has 9 nitrogen and oxygen atoms in total. The van der Waals surface area contributed by atoms with Crippen molar-refractivity contribution in [2.24, 2.45) is 0 Å². The van der Waals surface area contributed by atoms with Crippen LogP contribution in [-0.4, -0.2) is 35.4 Å². The number of fused-ring (bicyclic) bond motifs is 1. The average molecular weight is 514 g/mol. The Morgan fingerprint density at radius 2 is 1.83 bits per heavy atom. The Bertz CT molecular complexity index is 1670. The van der Waals surface area contributed by atoms with Gasteiger partial charge in [0.25, 0.3) is 11.5 Å². The summed E-state index contributed by atoms with van der Waals surface area (Å²) in [4.78, 5) is 32.6. The molecule has 0 radical (unpaired) electrons. The molecule has 0 aliphatic rings. The second kappa shape index (κ2) is 8.64. The van der Waals surface area contributed by atoms with Gasteiger partial charge in [0.05, 0.1) is 23.1 Å². The lowest BCUT2D eigenvalue weighted by atomic mass is 10.1. The fourth-order valence-corrected chi connectivity index (χ4v) is 3.68. The number of nitrogens with one attached hydrogen (secondary N) is 2. The zero-order valence-electron chi connectivity index (χ0n) is 18.3. The predicted octanol–water partition coefficient (Wildman–Crippen LogP) is 4.53. The second-order valence-corrected chi connectivity index (χ2v) is 8.21. The Hall–Kier alpha value is -4.45. The van der Waals surface area contributed by atoms with E-state index in [9.17, 15) is 22.8 Å². The van der Waals surface area contributed by atoms with Crippen molar-refractivity contribution in [1.29, 1.82) is 0 Å². The van der Waals surface area contributed by atoms with E-state index in [4.69, 9.17) is 11.6 Å². The van der Waals surface area contributed by atoms with Crippen molar-refractivity contribution in [2.45, 2.75) is 13.1 Å². The van der Waals surface area contributed by atoms with Crippen LogP contribution in [0.15, 0.2) is 65.6 Å². The van der Waals surface area contributed by atoms with E-state index in [-0.39, 0.29) is 28.4 Å². The maximum atomic E-state index is 13.1. The molecule has 0 atom stereocenters. The maximum absolute atomic E-state index is 13.1. The Balaban J connectivity index is 1.55. The highest BCUT2D eigenvalue weighted by Gasteiger charge is 2.31. The van der Waals surface area contributed by atoms with Gasteiger partial charge in [0.2, 0.25) is 5.95 Å². The van der Waals surface area contributed by atoms with Crippen molar-refractivity contribution in [3.63, 3.8) is 0 Å². The molecule has 0 fully saturated rings. The SMILES string of the molecule is Cc1cc(NC(=O)c2cccc(C(F)(F)F)c2)n(-c2nc3c(cnn3-c3ccc(Cl)cc3)c(=O)[nH]2)n1. The van der Waals surface area contributed by atoms with Crippen molar-refractivity contribution >= 4 is 34.4 Å². The third-order valence-electron chi connectivity index (χ3n) is 5.22. The molecule has 3 heterocycles. The number of benzene rings is 2. The minimum Gasteiger partial charge on any atom is -0.306 e. The van der Waals surface area contributed by atoms with Crippen LogP contribution in [0.4, 0.5) is 19.0 Å². The minimum atomic E-state index is -4.60. The molecule has 0 aliphatic heterocycles. The molecule has 2 N–H and O–H groups in total. The van der Waals surface area contributed by atoms with E-state index < -0.39 is 23.2 Å². The van der Waals surface area contributed by atoms with Crippen LogP contribution in [0, 0.1) is 6.92 Å². The molecule has 0 unspecified atom stereocenters. The molecule has 0 saturated heterocycles. The number of aromatic amines is 1. The molecule has 5 aromatic rings. The second-order valence-electron chi connectivity index (χ2n) is 7.78. The highest BCUT2D eigenvalue weighted by molar-refractivity contribution is 6.30. The molecule has 0 bridgehead atoms. The first-order chi connectivity index (χ1) is 17.1. The summed E-state index contributed by atoms with van der Waals surface area (Å²) in [6.07, 6.45) is -3.23. The van der Waals surface area contributed by atoms with Gasteiger partial charge in [0.1, 0.15) is 11.2 Å². The number of nitrogens with zero attached hydrogens (tertiary/aromatic N) is 5. The van der Waals surface area contributed by atoms with Gasteiger partial charge in [-0.05, 0) is 49.4 Å². The summed E-state index contributed by atoms with van der Waals surface area (Å²) < 4.78 is 41.8. The summed E-state index contributed by atoms with van der Waals surface area (Å²) >= 11 is 5.96. The van der Waals surface area contributed by atoms with Crippen molar-refractivity contribution in [2.75, 3.05) is 5.32 Å². The Kier molecular flexibility index (Phi) is 5.59. The van der Waals surface area contributed by atoms with E-state index in [0.717, 1.165) is 18.2 Å². The summed E-state index contributed by atoms with van der Waals surface area (Å²) in [6.45, 7) is 1.64. The smallest absolute Gasteiger partial charge is 0.306 e. The van der Waals surface area contributed by atoms with E-state index in [0.29, 0.717) is 16.4 Å². The normalized spacial score (nSPS) is 11.7. The monoisotopic (exact) mass is 513 g/mol. The number of alkyl halides is 3. The topological polar surface area (TPSA) is 110 Å². The van der Waals surface area contributed by atoms with Crippen LogP contribution in [-0.2, 0) is 6.18 Å². The van der Waals surface area contributed by atoms with E-state index in [1.54, 1.807) is 31.2 Å². The predicted molar refractivity (Wildman–Crippen MR) is 126 cm³/mol. The molecule has 1 amide bonds. The van der Waals surface area contributed by atoms with Crippen molar-refractivity contribution in [1.82, 2.24) is 29.5 Å². The van der Waals surface area contributed by atoms with Crippen molar-refractivity contribution in [3.05, 3.63) is 93.0 Å². The van der Waals surface area contributed by atoms with Gasteiger partial charge in [-0.1, -0.05) is 17.7 Å². The standard InChI is InChI=1S/C23H15ClF3N7O2/c1-12-9-18(29-20(35)13-3-2-4-14(10-13)23(25,26)27)34(32-12)22-30-19-17(21(36)31-22)11-28-33(19)16-7-5-15(24)6-8-16/h2-11H,1H3,(H,29,35)(H,30,31,36). The number of amides is 1. The molecule has 2 aromatic carbocycles. The molecule has 5 rings (SSSR count).